The van der Waals surface area contributed by atoms with Gasteiger partial charge in [-0.1, -0.05) is 29.8 Å². The van der Waals surface area contributed by atoms with Crippen molar-refractivity contribution in [3.63, 3.8) is 0 Å². The van der Waals surface area contributed by atoms with Gasteiger partial charge in [-0.05, 0) is 50.1 Å². The van der Waals surface area contributed by atoms with Crippen LogP contribution in [-0.4, -0.2) is 24.4 Å². The number of benzene rings is 2. The minimum Gasteiger partial charge on any atom is -0.462 e. The maximum Gasteiger partial charge on any atom is 0.338 e. The van der Waals surface area contributed by atoms with Crippen LogP contribution in [0.1, 0.15) is 34.8 Å². The SMILES string of the molecule is CCOC(=O)c1ccc(N2C(=O)C[C@H](Cc3cccc(C)c3)C2=O)cc1. The highest BCUT2D eigenvalue weighted by atomic mass is 16.5. The van der Waals surface area contributed by atoms with E-state index in [-0.39, 0.29) is 24.2 Å². The molecule has 134 valence electrons. The number of esters is 1. The monoisotopic (exact) mass is 351 g/mol. The molecule has 5 nitrogen and oxygen atoms in total. The summed E-state index contributed by atoms with van der Waals surface area (Å²) in [4.78, 5) is 38.1. The van der Waals surface area contributed by atoms with Gasteiger partial charge in [0, 0.05) is 6.42 Å². The average molecular weight is 351 g/mol. The summed E-state index contributed by atoms with van der Waals surface area (Å²) in [5.41, 5.74) is 3.06. The van der Waals surface area contributed by atoms with E-state index in [9.17, 15) is 14.4 Å². The van der Waals surface area contributed by atoms with Gasteiger partial charge < -0.3 is 4.74 Å². The molecule has 0 saturated carbocycles. The average Bonchev–Trinajstić information content (AvgIpc) is 2.89. The molecule has 1 saturated heterocycles. The lowest BCUT2D eigenvalue weighted by Gasteiger charge is -2.15. The predicted molar refractivity (Wildman–Crippen MR) is 97.9 cm³/mol. The van der Waals surface area contributed by atoms with E-state index in [0.717, 1.165) is 11.1 Å². The zero-order valence-electron chi connectivity index (χ0n) is 14.9. The molecule has 1 heterocycles. The van der Waals surface area contributed by atoms with Crippen molar-refractivity contribution < 1.29 is 19.1 Å². The second-order valence-corrected chi connectivity index (χ2v) is 6.43. The standard InChI is InChI=1S/C21H21NO4/c1-3-26-21(25)16-7-9-18(10-8-16)22-19(23)13-17(20(22)24)12-15-6-4-5-14(2)11-15/h4-11,17H,3,12-13H2,1-2H3/t17-/m0/s1. The summed E-state index contributed by atoms with van der Waals surface area (Å²) in [6.45, 7) is 4.04. The number of hydrogen-bond donors (Lipinski definition) is 0. The molecule has 2 aromatic carbocycles. The Morgan fingerprint density at radius 1 is 1.15 bits per heavy atom. The highest BCUT2D eigenvalue weighted by Crippen LogP contribution is 2.29. The van der Waals surface area contributed by atoms with Crippen LogP contribution < -0.4 is 4.90 Å². The lowest BCUT2D eigenvalue weighted by molar-refractivity contribution is -0.122. The smallest absolute Gasteiger partial charge is 0.338 e. The zero-order chi connectivity index (χ0) is 18.7. The quantitative estimate of drug-likeness (QED) is 0.612. The fraction of sp³-hybridized carbons (Fsp3) is 0.286. The fourth-order valence-electron chi connectivity index (χ4n) is 3.21. The molecule has 2 aromatic rings. The van der Waals surface area contributed by atoms with Gasteiger partial charge in [-0.25, -0.2) is 4.79 Å². The Morgan fingerprint density at radius 3 is 2.54 bits per heavy atom. The molecule has 2 amide bonds. The molecule has 0 aromatic heterocycles. The summed E-state index contributed by atoms with van der Waals surface area (Å²) in [5.74, 6) is -1.18. The molecule has 0 radical (unpaired) electrons. The molecule has 0 N–H and O–H groups in total. The van der Waals surface area contributed by atoms with Crippen LogP contribution in [0.5, 0.6) is 0 Å². The molecule has 26 heavy (non-hydrogen) atoms. The Labute approximate surface area is 152 Å². The summed E-state index contributed by atoms with van der Waals surface area (Å²) >= 11 is 0. The van der Waals surface area contributed by atoms with Gasteiger partial charge in [0.2, 0.25) is 11.8 Å². The van der Waals surface area contributed by atoms with E-state index in [4.69, 9.17) is 4.74 Å². The first-order chi connectivity index (χ1) is 12.5. The van der Waals surface area contributed by atoms with Gasteiger partial charge in [-0.2, -0.15) is 0 Å². The van der Waals surface area contributed by atoms with Crippen LogP contribution >= 0.6 is 0 Å². The largest absolute Gasteiger partial charge is 0.462 e. The van der Waals surface area contributed by atoms with Crippen molar-refractivity contribution in [3.8, 4) is 0 Å². The van der Waals surface area contributed by atoms with E-state index >= 15 is 0 Å². The summed E-state index contributed by atoms with van der Waals surface area (Å²) in [6, 6.07) is 14.3. The van der Waals surface area contributed by atoms with Gasteiger partial charge in [0.1, 0.15) is 0 Å². The molecule has 0 spiro atoms. The number of carbonyl (C=O) groups is 3. The van der Waals surface area contributed by atoms with Crippen molar-refractivity contribution in [1.29, 1.82) is 0 Å². The first-order valence-electron chi connectivity index (χ1n) is 8.69. The minimum absolute atomic E-state index is 0.194. The van der Waals surface area contributed by atoms with E-state index in [0.29, 0.717) is 24.3 Å². The number of carbonyl (C=O) groups excluding carboxylic acids is 3. The number of ether oxygens (including phenoxy) is 1. The van der Waals surface area contributed by atoms with Crippen molar-refractivity contribution >= 4 is 23.5 Å². The maximum absolute atomic E-state index is 12.7. The van der Waals surface area contributed by atoms with Crippen LogP contribution in [0.4, 0.5) is 5.69 Å². The molecule has 0 unspecified atom stereocenters. The third-order valence-electron chi connectivity index (χ3n) is 4.44. The number of nitrogens with zero attached hydrogens (tertiary/aromatic N) is 1. The van der Waals surface area contributed by atoms with Crippen LogP contribution in [0.3, 0.4) is 0 Å². The topological polar surface area (TPSA) is 63.7 Å². The van der Waals surface area contributed by atoms with Crippen molar-refractivity contribution in [1.82, 2.24) is 0 Å². The summed E-state index contributed by atoms with van der Waals surface area (Å²) in [6.07, 6.45) is 0.746. The second-order valence-electron chi connectivity index (χ2n) is 6.43. The van der Waals surface area contributed by atoms with E-state index in [1.165, 1.54) is 4.90 Å². The molecule has 0 aliphatic carbocycles. The van der Waals surface area contributed by atoms with E-state index in [1.54, 1.807) is 31.2 Å². The van der Waals surface area contributed by atoms with Gasteiger partial charge in [0.05, 0.1) is 23.8 Å². The summed E-state index contributed by atoms with van der Waals surface area (Å²) in [7, 11) is 0. The van der Waals surface area contributed by atoms with E-state index < -0.39 is 5.97 Å². The van der Waals surface area contributed by atoms with Crippen molar-refractivity contribution in [2.75, 3.05) is 11.5 Å². The Kier molecular flexibility index (Phi) is 5.16. The second kappa shape index (κ2) is 7.52. The molecule has 1 atom stereocenters. The molecule has 1 fully saturated rings. The molecule has 0 bridgehead atoms. The Hall–Kier alpha value is -2.95. The van der Waals surface area contributed by atoms with Gasteiger partial charge >= 0.3 is 5.97 Å². The number of imide groups is 1. The van der Waals surface area contributed by atoms with Gasteiger partial charge in [-0.15, -0.1) is 0 Å². The van der Waals surface area contributed by atoms with E-state index in [2.05, 4.69) is 0 Å². The first kappa shape index (κ1) is 17.9. The number of rotatable bonds is 5. The van der Waals surface area contributed by atoms with Crippen molar-refractivity contribution in [3.05, 3.63) is 65.2 Å². The highest BCUT2D eigenvalue weighted by molar-refractivity contribution is 6.21. The molecule has 1 aliphatic heterocycles. The highest BCUT2D eigenvalue weighted by Gasteiger charge is 2.39. The molecular weight excluding hydrogens is 330 g/mol. The molecule has 3 rings (SSSR count). The normalized spacial score (nSPS) is 16.8. The zero-order valence-corrected chi connectivity index (χ0v) is 14.9. The number of amides is 2. The third-order valence-corrected chi connectivity index (χ3v) is 4.44. The van der Waals surface area contributed by atoms with Crippen LogP contribution in [0.2, 0.25) is 0 Å². The van der Waals surface area contributed by atoms with Crippen LogP contribution in [0, 0.1) is 12.8 Å². The van der Waals surface area contributed by atoms with Gasteiger partial charge in [0.15, 0.2) is 0 Å². The number of aryl methyl sites for hydroxylation is 1. The Balaban J connectivity index is 1.75. The number of anilines is 1. The lowest BCUT2D eigenvalue weighted by Crippen LogP contribution is -2.30. The van der Waals surface area contributed by atoms with Crippen molar-refractivity contribution in [2.24, 2.45) is 5.92 Å². The van der Waals surface area contributed by atoms with Gasteiger partial charge in [0.25, 0.3) is 0 Å². The minimum atomic E-state index is -0.421. The van der Waals surface area contributed by atoms with Crippen LogP contribution in [0.15, 0.2) is 48.5 Å². The van der Waals surface area contributed by atoms with Crippen LogP contribution in [-0.2, 0) is 20.7 Å². The van der Waals surface area contributed by atoms with Crippen molar-refractivity contribution in [2.45, 2.75) is 26.7 Å². The Bertz CT molecular complexity index is 841. The predicted octanol–water partition coefficient (Wildman–Crippen LogP) is 3.29. The Morgan fingerprint density at radius 2 is 1.88 bits per heavy atom. The number of hydrogen-bond acceptors (Lipinski definition) is 4. The fourth-order valence-corrected chi connectivity index (χ4v) is 3.21. The molecular formula is C21H21NO4. The first-order valence-corrected chi connectivity index (χ1v) is 8.69. The summed E-state index contributed by atoms with van der Waals surface area (Å²) < 4.78 is 4.94. The van der Waals surface area contributed by atoms with Crippen LogP contribution in [0.25, 0.3) is 0 Å². The van der Waals surface area contributed by atoms with Gasteiger partial charge in [-0.3, -0.25) is 14.5 Å². The third kappa shape index (κ3) is 3.67. The molecule has 1 aliphatic rings. The molecule has 5 heteroatoms. The summed E-state index contributed by atoms with van der Waals surface area (Å²) in [5, 5.41) is 0. The lowest BCUT2D eigenvalue weighted by atomic mass is 9.97. The van der Waals surface area contributed by atoms with E-state index in [1.807, 2.05) is 31.2 Å². The maximum atomic E-state index is 12.7.